The molecule has 0 unspecified atom stereocenters. The Kier molecular flexibility index (Phi) is 6.48. The smallest absolute Gasteiger partial charge is 0.0244 e. The van der Waals surface area contributed by atoms with Crippen LogP contribution in [0.25, 0.3) is 0 Å². The largest absolute Gasteiger partial charge is 0.0810 e. The highest BCUT2D eigenvalue weighted by atomic mass is 14.2. The van der Waals surface area contributed by atoms with Crippen molar-refractivity contribution < 1.29 is 0 Å². The fraction of sp³-hybridized carbons (Fsp3) is 0.333. The zero-order valence-electron chi connectivity index (χ0n) is 14.6. The van der Waals surface area contributed by atoms with E-state index in [0.717, 1.165) is 0 Å². The molecule has 0 saturated heterocycles. The molecule has 0 aliphatic heterocycles. The number of unbranched alkanes of at least 4 members (excludes halogenated alkanes) is 1. The molecule has 24 heavy (non-hydrogen) atoms. The molecule has 2 aromatic carbocycles. The van der Waals surface area contributed by atoms with Gasteiger partial charge in [0.25, 0.3) is 0 Å². The first kappa shape index (κ1) is 16.8. The molecule has 0 N–H and O–H groups in total. The molecule has 124 valence electrons. The summed E-state index contributed by atoms with van der Waals surface area (Å²) in [6.07, 6.45) is 14.8. The number of hydrogen-bond acceptors (Lipinski definition) is 0. The summed E-state index contributed by atoms with van der Waals surface area (Å²) in [5.41, 5.74) is 6.15. The first-order valence-corrected chi connectivity index (χ1v) is 9.38. The van der Waals surface area contributed by atoms with E-state index in [0.29, 0.717) is 0 Å². The molecule has 0 spiro atoms. The molecule has 0 fully saturated rings. The summed E-state index contributed by atoms with van der Waals surface area (Å²) < 4.78 is 0. The summed E-state index contributed by atoms with van der Waals surface area (Å²) in [5.74, 6) is 0. The fourth-order valence-electron chi connectivity index (χ4n) is 3.33. The standard InChI is InChI=1S/C24H28/c1-3-11-21(12-4-1)15-7-8-17-23(24-19-10-20-24)18-9-16-22-13-5-2-6-14-22/h1-6,11-14,17,19H,7-10,15-16,18,20H2/b23-17-. The van der Waals surface area contributed by atoms with Gasteiger partial charge in [-0.15, -0.1) is 0 Å². The molecular formula is C24H28. The van der Waals surface area contributed by atoms with E-state index in [2.05, 4.69) is 72.8 Å². The number of allylic oxidation sites excluding steroid dienone is 4. The van der Waals surface area contributed by atoms with Crippen molar-refractivity contribution in [2.75, 3.05) is 0 Å². The summed E-state index contributed by atoms with van der Waals surface area (Å²) in [7, 11) is 0. The molecular weight excluding hydrogens is 288 g/mol. The van der Waals surface area contributed by atoms with Crippen molar-refractivity contribution in [2.24, 2.45) is 0 Å². The number of hydrogen-bond donors (Lipinski definition) is 0. The van der Waals surface area contributed by atoms with Gasteiger partial charge in [-0.2, -0.15) is 0 Å². The Morgan fingerprint density at radius 3 is 1.92 bits per heavy atom. The molecule has 0 nitrogen and oxygen atoms in total. The van der Waals surface area contributed by atoms with Gasteiger partial charge < -0.3 is 0 Å². The van der Waals surface area contributed by atoms with Gasteiger partial charge in [0.1, 0.15) is 0 Å². The van der Waals surface area contributed by atoms with E-state index in [1.807, 2.05) is 0 Å². The van der Waals surface area contributed by atoms with Crippen LogP contribution in [0.5, 0.6) is 0 Å². The third-order valence-electron chi connectivity index (χ3n) is 4.87. The Morgan fingerprint density at radius 2 is 1.38 bits per heavy atom. The third kappa shape index (κ3) is 5.23. The second kappa shape index (κ2) is 9.27. The molecule has 1 aliphatic carbocycles. The van der Waals surface area contributed by atoms with Crippen LogP contribution in [0.4, 0.5) is 0 Å². The van der Waals surface area contributed by atoms with Crippen molar-refractivity contribution in [1.29, 1.82) is 0 Å². The maximum atomic E-state index is 2.51. The van der Waals surface area contributed by atoms with Crippen molar-refractivity contribution in [3.63, 3.8) is 0 Å². The van der Waals surface area contributed by atoms with E-state index in [9.17, 15) is 0 Å². The lowest BCUT2D eigenvalue weighted by molar-refractivity contribution is 0.765. The molecule has 2 aromatic rings. The molecule has 0 amide bonds. The molecule has 0 atom stereocenters. The molecule has 0 heteroatoms. The highest BCUT2D eigenvalue weighted by molar-refractivity contribution is 5.36. The zero-order valence-corrected chi connectivity index (χ0v) is 14.6. The lowest BCUT2D eigenvalue weighted by atomic mass is 9.87. The fourth-order valence-corrected chi connectivity index (χ4v) is 3.33. The van der Waals surface area contributed by atoms with Crippen LogP contribution < -0.4 is 0 Å². The number of benzene rings is 2. The highest BCUT2D eigenvalue weighted by Crippen LogP contribution is 2.29. The molecule has 0 aromatic heterocycles. The molecule has 0 bridgehead atoms. The normalized spacial score (nSPS) is 14.2. The summed E-state index contributed by atoms with van der Waals surface area (Å²) >= 11 is 0. The number of aryl methyl sites for hydroxylation is 2. The van der Waals surface area contributed by atoms with Gasteiger partial charge in [0, 0.05) is 0 Å². The van der Waals surface area contributed by atoms with Gasteiger partial charge >= 0.3 is 0 Å². The van der Waals surface area contributed by atoms with E-state index in [4.69, 9.17) is 0 Å². The second-order valence-corrected chi connectivity index (χ2v) is 6.71. The minimum atomic E-state index is 1.19. The first-order valence-electron chi connectivity index (χ1n) is 9.38. The van der Waals surface area contributed by atoms with Crippen molar-refractivity contribution in [3.8, 4) is 0 Å². The minimum Gasteiger partial charge on any atom is -0.0810 e. The monoisotopic (exact) mass is 316 g/mol. The Hall–Kier alpha value is -2.08. The highest BCUT2D eigenvalue weighted by Gasteiger charge is 2.10. The van der Waals surface area contributed by atoms with Crippen LogP contribution >= 0.6 is 0 Å². The summed E-state index contributed by atoms with van der Waals surface area (Å²) in [4.78, 5) is 0. The van der Waals surface area contributed by atoms with E-state index in [1.165, 1.54) is 62.5 Å². The molecule has 0 saturated carbocycles. The average Bonchev–Trinajstić information content (AvgIpc) is 2.59. The lowest BCUT2D eigenvalue weighted by Gasteiger charge is -2.18. The molecule has 0 heterocycles. The Bertz CT molecular complexity index is 662. The van der Waals surface area contributed by atoms with Crippen LogP contribution in [0.2, 0.25) is 0 Å². The molecule has 0 radical (unpaired) electrons. The maximum absolute atomic E-state index is 2.51. The van der Waals surface area contributed by atoms with E-state index < -0.39 is 0 Å². The first-order chi connectivity index (χ1) is 11.9. The quantitative estimate of drug-likeness (QED) is 0.453. The average molecular weight is 316 g/mol. The Labute approximate surface area is 146 Å². The summed E-state index contributed by atoms with van der Waals surface area (Å²) in [5, 5.41) is 0. The predicted molar refractivity (Wildman–Crippen MR) is 104 cm³/mol. The van der Waals surface area contributed by atoms with E-state index >= 15 is 0 Å². The molecule has 3 rings (SSSR count). The van der Waals surface area contributed by atoms with E-state index in [-0.39, 0.29) is 0 Å². The van der Waals surface area contributed by atoms with Gasteiger partial charge in [0.05, 0.1) is 0 Å². The van der Waals surface area contributed by atoms with Gasteiger partial charge in [0.15, 0.2) is 0 Å². The van der Waals surface area contributed by atoms with Crippen LogP contribution in [0.1, 0.15) is 49.7 Å². The SMILES string of the molecule is C1=C(/C(=C\CCCc2ccccc2)CCCc2ccccc2)CC1. The summed E-state index contributed by atoms with van der Waals surface area (Å²) in [6, 6.07) is 21.7. The second-order valence-electron chi connectivity index (χ2n) is 6.71. The van der Waals surface area contributed by atoms with Gasteiger partial charge in [-0.25, -0.2) is 0 Å². The lowest BCUT2D eigenvalue weighted by Crippen LogP contribution is -2.00. The van der Waals surface area contributed by atoms with Crippen LogP contribution in [0.15, 0.2) is 84.0 Å². The van der Waals surface area contributed by atoms with Crippen molar-refractivity contribution in [3.05, 3.63) is 95.1 Å². The Morgan fingerprint density at radius 1 is 0.792 bits per heavy atom. The topological polar surface area (TPSA) is 0 Å². The number of rotatable bonds is 9. The van der Waals surface area contributed by atoms with Crippen LogP contribution in [0, 0.1) is 0 Å². The van der Waals surface area contributed by atoms with Gasteiger partial charge in [0.2, 0.25) is 0 Å². The van der Waals surface area contributed by atoms with Crippen LogP contribution in [0.3, 0.4) is 0 Å². The Balaban J connectivity index is 1.46. The maximum Gasteiger partial charge on any atom is -0.0244 e. The third-order valence-corrected chi connectivity index (χ3v) is 4.87. The van der Waals surface area contributed by atoms with E-state index in [1.54, 1.807) is 11.1 Å². The summed E-state index contributed by atoms with van der Waals surface area (Å²) in [6.45, 7) is 0. The molecule has 1 aliphatic rings. The van der Waals surface area contributed by atoms with Crippen molar-refractivity contribution in [1.82, 2.24) is 0 Å². The van der Waals surface area contributed by atoms with Crippen molar-refractivity contribution >= 4 is 0 Å². The van der Waals surface area contributed by atoms with Gasteiger partial charge in [-0.05, 0) is 73.6 Å². The van der Waals surface area contributed by atoms with Crippen molar-refractivity contribution in [2.45, 2.75) is 51.4 Å². The predicted octanol–water partition coefficient (Wildman–Crippen LogP) is 6.68. The van der Waals surface area contributed by atoms with Gasteiger partial charge in [-0.3, -0.25) is 0 Å². The van der Waals surface area contributed by atoms with Crippen LogP contribution in [-0.2, 0) is 12.8 Å². The van der Waals surface area contributed by atoms with Crippen LogP contribution in [-0.4, -0.2) is 0 Å². The zero-order chi connectivity index (χ0) is 16.5. The minimum absolute atomic E-state index is 1.19. The van der Waals surface area contributed by atoms with Gasteiger partial charge in [-0.1, -0.05) is 72.8 Å².